The van der Waals surface area contributed by atoms with E-state index in [9.17, 15) is 18.0 Å². The quantitative estimate of drug-likeness (QED) is 0.717. The maximum absolute atomic E-state index is 12.8. The van der Waals surface area contributed by atoms with E-state index >= 15 is 0 Å². The summed E-state index contributed by atoms with van der Waals surface area (Å²) < 4.78 is 31.8. The van der Waals surface area contributed by atoms with Crippen LogP contribution in [0.1, 0.15) is 25.3 Å². The lowest BCUT2D eigenvalue weighted by Crippen LogP contribution is -2.53. The van der Waals surface area contributed by atoms with E-state index < -0.39 is 10.0 Å². The average Bonchev–Trinajstić information content (AvgIpc) is 2.74. The highest BCUT2D eigenvalue weighted by Crippen LogP contribution is 2.24. The Balaban J connectivity index is 1.48. The highest BCUT2D eigenvalue weighted by atomic mass is 32.2. The number of amides is 2. The molecule has 0 aliphatic carbocycles. The molecular formula is C20H29N3O5S. The third kappa shape index (κ3) is 5.48. The predicted molar refractivity (Wildman–Crippen MR) is 109 cm³/mol. The number of carbonyl (C=O) groups excluding carboxylic acids is 2. The fourth-order valence-electron chi connectivity index (χ4n) is 3.84. The molecule has 2 fully saturated rings. The summed E-state index contributed by atoms with van der Waals surface area (Å²) in [6.07, 6.45) is 0.729. The van der Waals surface area contributed by atoms with Crippen LogP contribution in [0.25, 0.3) is 0 Å². The molecule has 160 valence electrons. The third-order valence-corrected chi connectivity index (χ3v) is 7.36. The number of rotatable bonds is 5. The molecule has 29 heavy (non-hydrogen) atoms. The van der Waals surface area contributed by atoms with Gasteiger partial charge in [-0.3, -0.25) is 4.79 Å². The SMILES string of the molecule is CCOC(=O)N1CCN(C(=O)C2CCN(S(=O)(=O)Cc3ccccc3)CC2)CC1. The van der Waals surface area contributed by atoms with E-state index in [1.54, 1.807) is 16.7 Å². The van der Waals surface area contributed by atoms with Crippen molar-refractivity contribution in [3.63, 3.8) is 0 Å². The molecule has 0 unspecified atom stereocenters. The monoisotopic (exact) mass is 423 g/mol. The van der Waals surface area contributed by atoms with Gasteiger partial charge in [0.1, 0.15) is 0 Å². The highest BCUT2D eigenvalue weighted by molar-refractivity contribution is 7.88. The number of hydrogen-bond donors (Lipinski definition) is 0. The molecule has 2 heterocycles. The zero-order valence-electron chi connectivity index (χ0n) is 16.8. The first-order valence-electron chi connectivity index (χ1n) is 10.1. The first-order chi connectivity index (χ1) is 13.9. The van der Waals surface area contributed by atoms with E-state index in [-0.39, 0.29) is 23.7 Å². The number of ether oxygens (including phenoxy) is 1. The van der Waals surface area contributed by atoms with Crippen molar-refractivity contribution in [1.82, 2.24) is 14.1 Å². The minimum absolute atomic E-state index is 0.0116. The number of hydrogen-bond acceptors (Lipinski definition) is 5. The number of carbonyl (C=O) groups is 2. The smallest absolute Gasteiger partial charge is 0.409 e. The van der Waals surface area contributed by atoms with E-state index in [1.807, 2.05) is 30.3 Å². The molecule has 2 aliphatic rings. The third-order valence-electron chi connectivity index (χ3n) is 5.51. The molecule has 0 atom stereocenters. The molecule has 2 amide bonds. The first-order valence-corrected chi connectivity index (χ1v) is 11.7. The van der Waals surface area contributed by atoms with Crippen molar-refractivity contribution in [2.45, 2.75) is 25.5 Å². The van der Waals surface area contributed by atoms with Crippen LogP contribution in [-0.4, -0.2) is 80.4 Å². The standard InChI is InChI=1S/C20H29N3O5S/c1-2-28-20(25)22-14-12-21(13-15-22)19(24)18-8-10-23(11-9-18)29(26,27)16-17-6-4-3-5-7-17/h3-7,18H,2,8-16H2,1H3. The van der Waals surface area contributed by atoms with Crippen molar-refractivity contribution in [2.75, 3.05) is 45.9 Å². The summed E-state index contributed by atoms with van der Waals surface area (Å²) in [5, 5.41) is 0. The Morgan fingerprint density at radius 2 is 1.55 bits per heavy atom. The number of sulfonamides is 1. The normalized spacial score (nSPS) is 19.2. The second-order valence-corrected chi connectivity index (χ2v) is 9.40. The van der Waals surface area contributed by atoms with Crippen molar-refractivity contribution in [2.24, 2.45) is 5.92 Å². The molecule has 0 bridgehead atoms. The topological polar surface area (TPSA) is 87.2 Å². The van der Waals surface area contributed by atoms with Crippen LogP contribution < -0.4 is 0 Å². The second-order valence-electron chi connectivity index (χ2n) is 7.43. The van der Waals surface area contributed by atoms with Gasteiger partial charge in [0.05, 0.1) is 12.4 Å². The molecule has 8 nitrogen and oxygen atoms in total. The zero-order chi connectivity index (χ0) is 20.9. The lowest BCUT2D eigenvalue weighted by atomic mass is 9.96. The minimum Gasteiger partial charge on any atom is -0.450 e. The molecule has 2 aliphatic heterocycles. The van der Waals surface area contributed by atoms with Crippen LogP contribution in [0, 0.1) is 5.92 Å². The second kappa shape index (κ2) is 9.58. The van der Waals surface area contributed by atoms with Crippen molar-refractivity contribution in [1.29, 1.82) is 0 Å². The Kier molecular flexibility index (Phi) is 7.13. The number of benzene rings is 1. The van der Waals surface area contributed by atoms with Crippen LogP contribution in [-0.2, 0) is 25.3 Å². The summed E-state index contributed by atoms with van der Waals surface area (Å²) in [6.45, 7) is 4.76. The summed E-state index contributed by atoms with van der Waals surface area (Å²) in [5.74, 6) is -0.108. The minimum atomic E-state index is -3.38. The Morgan fingerprint density at radius 1 is 0.966 bits per heavy atom. The van der Waals surface area contributed by atoms with Gasteiger partial charge in [-0.2, -0.15) is 0 Å². The molecular weight excluding hydrogens is 394 g/mol. The van der Waals surface area contributed by atoms with Crippen molar-refractivity contribution >= 4 is 22.0 Å². The fraction of sp³-hybridized carbons (Fsp3) is 0.600. The van der Waals surface area contributed by atoms with E-state index in [2.05, 4.69) is 0 Å². The molecule has 0 radical (unpaired) electrons. The lowest BCUT2D eigenvalue weighted by Gasteiger charge is -2.38. The molecule has 0 saturated carbocycles. The van der Waals surface area contributed by atoms with Crippen LogP contribution in [0.2, 0.25) is 0 Å². The van der Waals surface area contributed by atoms with E-state index in [0.717, 1.165) is 5.56 Å². The van der Waals surface area contributed by atoms with E-state index in [1.165, 1.54) is 4.31 Å². The number of piperazine rings is 1. The number of nitrogens with zero attached hydrogens (tertiary/aromatic N) is 3. The molecule has 3 rings (SSSR count). The lowest BCUT2D eigenvalue weighted by molar-refractivity contribution is -0.138. The maximum atomic E-state index is 12.8. The van der Waals surface area contributed by atoms with Gasteiger partial charge in [-0.15, -0.1) is 0 Å². The molecule has 1 aromatic rings. The van der Waals surface area contributed by atoms with Gasteiger partial charge >= 0.3 is 6.09 Å². The van der Waals surface area contributed by atoms with Crippen LogP contribution in [0.5, 0.6) is 0 Å². The molecule has 2 saturated heterocycles. The van der Waals surface area contributed by atoms with Gasteiger partial charge in [-0.1, -0.05) is 30.3 Å². The fourth-order valence-corrected chi connectivity index (χ4v) is 5.40. The van der Waals surface area contributed by atoms with E-state index in [4.69, 9.17) is 4.74 Å². The van der Waals surface area contributed by atoms with E-state index in [0.29, 0.717) is 58.7 Å². The highest BCUT2D eigenvalue weighted by Gasteiger charge is 2.34. The maximum Gasteiger partial charge on any atom is 0.409 e. The summed E-state index contributed by atoms with van der Waals surface area (Å²) in [5.41, 5.74) is 0.769. The van der Waals surface area contributed by atoms with Gasteiger partial charge in [0, 0.05) is 45.2 Å². The van der Waals surface area contributed by atoms with Crippen molar-refractivity contribution in [3.8, 4) is 0 Å². The Labute approximate surface area is 172 Å². The Bertz CT molecular complexity index is 799. The molecule has 1 aromatic carbocycles. The van der Waals surface area contributed by atoms with Crippen LogP contribution in [0.15, 0.2) is 30.3 Å². The van der Waals surface area contributed by atoms with Crippen molar-refractivity contribution < 1.29 is 22.7 Å². The summed E-state index contributed by atoms with van der Waals surface area (Å²) in [4.78, 5) is 28.0. The Morgan fingerprint density at radius 3 is 2.14 bits per heavy atom. The first kappa shape index (κ1) is 21.6. The molecule has 0 aromatic heterocycles. The van der Waals surface area contributed by atoms with Gasteiger partial charge in [0.2, 0.25) is 15.9 Å². The van der Waals surface area contributed by atoms with Gasteiger partial charge in [0.25, 0.3) is 0 Å². The largest absolute Gasteiger partial charge is 0.450 e. The average molecular weight is 424 g/mol. The van der Waals surface area contributed by atoms with Gasteiger partial charge < -0.3 is 14.5 Å². The summed E-state index contributed by atoms with van der Waals surface area (Å²) in [6, 6.07) is 9.14. The van der Waals surface area contributed by atoms with Crippen LogP contribution in [0.3, 0.4) is 0 Å². The Hall–Kier alpha value is -2.13. The van der Waals surface area contributed by atoms with Crippen LogP contribution in [0.4, 0.5) is 4.79 Å². The van der Waals surface area contributed by atoms with Gasteiger partial charge in [0.15, 0.2) is 0 Å². The van der Waals surface area contributed by atoms with Crippen molar-refractivity contribution in [3.05, 3.63) is 35.9 Å². The predicted octanol–water partition coefficient (Wildman–Crippen LogP) is 1.53. The van der Waals surface area contributed by atoms with Gasteiger partial charge in [-0.05, 0) is 25.3 Å². The van der Waals surface area contributed by atoms with Crippen LogP contribution >= 0.6 is 0 Å². The van der Waals surface area contributed by atoms with Gasteiger partial charge in [-0.25, -0.2) is 17.5 Å². The summed E-state index contributed by atoms with van der Waals surface area (Å²) >= 11 is 0. The molecule has 0 spiro atoms. The zero-order valence-corrected chi connectivity index (χ0v) is 17.6. The molecule has 9 heteroatoms. The summed E-state index contributed by atoms with van der Waals surface area (Å²) in [7, 11) is -3.38. The molecule has 0 N–H and O–H groups in total. The number of piperidine rings is 1.